The Labute approximate surface area is 143 Å². The summed E-state index contributed by atoms with van der Waals surface area (Å²) in [6.07, 6.45) is 4.58. The molecule has 1 aliphatic rings. The van der Waals surface area contributed by atoms with Crippen molar-refractivity contribution < 1.29 is 14.1 Å². The molecule has 1 aromatic carbocycles. The van der Waals surface area contributed by atoms with Crippen LogP contribution in [0.2, 0.25) is 0 Å². The smallest absolute Gasteiger partial charge is 0.271 e. The molecule has 0 spiro atoms. The number of nitro benzene ring substituents is 1. The fourth-order valence-electron chi connectivity index (χ4n) is 2.98. The van der Waals surface area contributed by atoms with E-state index in [1.54, 1.807) is 0 Å². The fraction of sp³-hybridized carbons (Fsp3) is 0.500. The minimum absolute atomic E-state index is 0.0311. The lowest BCUT2D eigenvalue weighted by molar-refractivity contribution is -0.384. The van der Waals surface area contributed by atoms with Crippen molar-refractivity contribution in [1.82, 2.24) is 10.3 Å². The van der Waals surface area contributed by atoms with Crippen molar-refractivity contribution in [2.75, 3.05) is 5.75 Å². The predicted octanol–water partition coefficient (Wildman–Crippen LogP) is 3.52. The van der Waals surface area contributed by atoms with Crippen LogP contribution < -0.4 is 5.32 Å². The van der Waals surface area contributed by atoms with E-state index in [2.05, 4.69) is 17.2 Å². The monoisotopic (exact) mass is 349 g/mol. The molecule has 8 heteroatoms. The van der Waals surface area contributed by atoms with Gasteiger partial charge >= 0.3 is 0 Å². The number of carbonyl (C=O) groups is 1. The largest absolute Gasteiger partial charge is 0.431 e. The lowest BCUT2D eigenvalue weighted by Gasteiger charge is -2.29. The number of nitrogens with one attached hydrogen (secondary N) is 1. The van der Waals surface area contributed by atoms with Gasteiger partial charge in [0, 0.05) is 18.2 Å². The molecule has 0 bridgehead atoms. The Kier molecular flexibility index (Phi) is 5.03. The van der Waals surface area contributed by atoms with Crippen LogP contribution in [-0.4, -0.2) is 27.6 Å². The first-order valence-electron chi connectivity index (χ1n) is 8.00. The number of hydrogen-bond donors (Lipinski definition) is 1. The number of rotatable bonds is 5. The van der Waals surface area contributed by atoms with Gasteiger partial charge in [-0.05, 0) is 24.8 Å². The molecule has 128 valence electrons. The summed E-state index contributed by atoms with van der Waals surface area (Å²) >= 11 is 1.20. The molecule has 2 atom stereocenters. The van der Waals surface area contributed by atoms with Gasteiger partial charge in [0.15, 0.2) is 5.58 Å². The Hall–Kier alpha value is -2.09. The molecule has 3 rings (SSSR count). The summed E-state index contributed by atoms with van der Waals surface area (Å²) in [5.41, 5.74) is 0.869. The van der Waals surface area contributed by atoms with Gasteiger partial charge in [-0.2, -0.15) is 0 Å². The molecule has 1 N–H and O–H groups in total. The predicted molar refractivity (Wildman–Crippen MR) is 91.0 cm³/mol. The first-order chi connectivity index (χ1) is 11.5. The summed E-state index contributed by atoms with van der Waals surface area (Å²) in [4.78, 5) is 26.6. The maximum atomic E-state index is 12.1. The third kappa shape index (κ3) is 3.87. The van der Waals surface area contributed by atoms with Crippen LogP contribution in [0.1, 0.15) is 32.6 Å². The lowest BCUT2D eigenvalue weighted by Crippen LogP contribution is -2.41. The van der Waals surface area contributed by atoms with Crippen LogP contribution in [0.5, 0.6) is 0 Å². The van der Waals surface area contributed by atoms with Crippen LogP contribution in [0.3, 0.4) is 0 Å². The van der Waals surface area contributed by atoms with E-state index in [4.69, 9.17) is 4.42 Å². The molecule has 0 unspecified atom stereocenters. The van der Waals surface area contributed by atoms with Crippen LogP contribution in [0.15, 0.2) is 27.8 Å². The Morgan fingerprint density at radius 1 is 1.46 bits per heavy atom. The van der Waals surface area contributed by atoms with E-state index in [-0.39, 0.29) is 23.4 Å². The van der Waals surface area contributed by atoms with Crippen molar-refractivity contribution in [1.29, 1.82) is 0 Å². The van der Waals surface area contributed by atoms with E-state index in [0.29, 0.717) is 22.2 Å². The molecule has 7 nitrogen and oxygen atoms in total. The molecule has 1 fully saturated rings. The highest BCUT2D eigenvalue weighted by Gasteiger charge is 2.23. The number of hydrogen-bond acceptors (Lipinski definition) is 6. The van der Waals surface area contributed by atoms with Gasteiger partial charge in [-0.1, -0.05) is 31.5 Å². The van der Waals surface area contributed by atoms with Crippen molar-refractivity contribution in [2.45, 2.75) is 43.9 Å². The highest BCUT2D eigenvalue weighted by atomic mass is 32.2. The topological polar surface area (TPSA) is 98.3 Å². The Bertz CT molecular complexity index is 761. The van der Waals surface area contributed by atoms with E-state index in [1.165, 1.54) is 36.4 Å². The Balaban J connectivity index is 1.58. The molecule has 1 amide bonds. The first-order valence-corrected chi connectivity index (χ1v) is 8.98. The fourth-order valence-corrected chi connectivity index (χ4v) is 3.63. The van der Waals surface area contributed by atoms with Crippen molar-refractivity contribution in [3.05, 3.63) is 28.3 Å². The summed E-state index contributed by atoms with van der Waals surface area (Å²) in [5, 5.41) is 14.2. The number of nitro groups is 1. The van der Waals surface area contributed by atoms with Crippen molar-refractivity contribution in [2.24, 2.45) is 5.92 Å². The summed E-state index contributed by atoms with van der Waals surface area (Å²) in [6, 6.07) is 4.51. The highest BCUT2D eigenvalue weighted by Crippen LogP contribution is 2.27. The van der Waals surface area contributed by atoms with Gasteiger partial charge < -0.3 is 9.73 Å². The van der Waals surface area contributed by atoms with E-state index in [9.17, 15) is 14.9 Å². The number of nitrogens with zero attached hydrogens (tertiary/aromatic N) is 2. The first kappa shape index (κ1) is 16.8. The third-order valence-corrected chi connectivity index (χ3v) is 5.18. The second-order valence-electron chi connectivity index (χ2n) is 6.11. The van der Waals surface area contributed by atoms with Gasteiger partial charge in [-0.25, -0.2) is 4.98 Å². The molecule has 0 radical (unpaired) electrons. The number of carbonyl (C=O) groups excluding carboxylic acids is 1. The van der Waals surface area contributed by atoms with E-state index < -0.39 is 4.92 Å². The maximum Gasteiger partial charge on any atom is 0.271 e. The zero-order valence-electron chi connectivity index (χ0n) is 13.4. The lowest BCUT2D eigenvalue weighted by atomic mass is 9.86. The van der Waals surface area contributed by atoms with E-state index >= 15 is 0 Å². The average Bonchev–Trinajstić information content (AvgIpc) is 2.97. The van der Waals surface area contributed by atoms with Gasteiger partial charge in [-0.3, -0.25) is 14.9 Å². The molecule has 1 saturated carbocycles. The maximum absolute atomic E-state index is 12.1. The summed E-state index contributed by atoms with van der Waals surface area (Å²) < 4.78 is 5.51. The zero-order chi connectivity index (χ0) is 17.1. The number of non-ortho nitro benzene ring substituents is 1. The molecular formula is C16H19N3O4S. The molecule has 1 aliphatic carbocycles. The quantitative estimate of drug-likeness (QED) is 0.504. The second kappa shape index (κ2) is 7.21. The molecule has 24 heavy (non-hydrogen) atoms. The van der Waals surface area contributed by atoms with E-state index in [1.807, 2.05) is 0 Å². The van der Waals surface area contributed by atoms with Crippen LogP contribution in [-0.2, 0) is 4.79 Å². The van der Waals surface area contributed by atoms with Crippen molar-refractivity contribution in [3.8, 4) is 0 Å². The van der Waals surface area contributed by atoms with Gasteiger partial charge in [0.2, 0.25) is 5.91 Å². The third-order valence-electron chi connectivity index (χ3n) is 4.35. The molecule has 0 saturated heterocycles. The van der Waals surface area contributed by atoms with E-state index in [0.717, 1.165) is 19.3 Å². The number of fused-ring (bicyclic) bond motifs is 1. The number of oxazole rings is 1. The standard InChI is InChI=1S/C16H19N3O4S/c1-10-4-2-3-5-12(10)17-15(20)9-24-16-18-13-8-11(19(21)22)6-7-14(13)23-16/h6-8,10,12H,2-5,9H2,1H3,(H,17,20)/t10-,12-/m1/s1. The second-order valence-corrected chi connectivity index (χ2v) is 7.04. The van der Waals surface area contributed by atoms with Gasteiger partial charge in [-0.15, -0.1) is 0 Å². The summed E-state index contributed by atoms with van der Waals surface area (Å²) in [6.45, 7) is 2.17. The molecule has 1 heterocycles. The Morgan fingerprint density at radius 3 is 3.00 bits per heavy atom. The minimum Gasteiger partial charge on any atom is -0.431 e. The number of amides is 1. The van der Waals surface area contributed by atoms with Crippen LogP contribution in [0.25, 0.3) is 11.1 Å². The minimum atomic E-state index is -0.472. The van der Waals surface area contributed by atoms with Crippen LogP contribution >= 0.6 is 11.8 Å². The van der Waals surface area contributed by atoms with Crippen LogP contribution in [0, 0.1) is 16.0 Å². The molecule has 1 aromatic heterocycles. The molecule has 2 aromatic rings. The molecular weight excluding hydrogens is 330 g/mol. The normalized spacial score (nSPS) is 20.9. The number of thioether (sulfide) groups is 1. The number of benzene rings is 1. The van der Waals surface area contributed by atoms with Gasteiger partial charge in [0.1, 0.15) is 5.52 Å². The van der Waals surface area contributed by atoms with Gasteiger partial charge in [0.05, 0.1) is 10.7 Å². The van der Waals surface area contributed by atoms with Crippen molar-refractivity contribution >= 4 is 34.5 Å². The molecule has 0 aliphatic heterocycles. The summed E-state index contributed by atoms with van der Waals surface area (Å²) in [5.74, 6) is 0.697. The van der Waals surface area contributed by atoms with Crippen LogP contribution in [0.4, 0.5) is 5.69 Å². The highest BCUT2D eigenvalue weighted by molar-refractivity contribution is 7.99. The summed E-state index contributed by atoms with van der Waals surface area (Å²) in [7, 11) is 0. The average molecular weight is 349 g/mol. The number of aromatic nitrogens is 1. The van der Waals surface area contributed by atoms with Gasteiger partial charge in [0.25, 0.3) is 10.9 Å². The Morgan fingerprint density at radius 2 is 2.25 bits per heavy atom. The zero-order valence-corrected chi connectivity index (χ0v) is 14.2. The van der Waals surface area contributed by atoms with Crippen molar-refractivity contribution in [3.63, 3.8) is 0 Å². The SMILES string of the molecule is C[C@@H]1CCCC[C@H]1NC(=O)CSc1nc2cc([N+](=O)[O-])ccc2o1.